The molecule has 0 atom stereocenters. The smallest absolute Gasteiger partial charge is 0.242 e. The summed E-state index contributed by atoms with van der Waals surface area (Å²) in [5.41, 5.74) is 6.13. The normalized spacial score (nSPS) is 15.4. The summed E-state index contributed by atoms with van der Waals surface area (Å²) in [6, 6.07) is 6.21. The van der Waals surface area contributed by atoms with Gasteiger partial charge in [-0.25, -0.2) is 4.39 Å². The van der Waals surface area contributed by atoms with E-state index in [-0.39, 0.29) is 24.2 Å². The minimum atomic E-state index is -0.310. The minimum absolute atomic E-state index is 0.0285. The van der Waals surface area contributed by atoms with E-state index < -0.39 is 0 Å². The van der Waals surface area contributed by atoms with Gasteiger partial charge in [0.2, 0.25) is 11.8 Å². The van der Waals surface area contributed by atoms with E-state index in [1.165, 1.54) is 12.1 Å². The third kappa shape index (κ3) is 4.26. The number of amides is 2. The van der Waals surface area contributed by atoms with E-state index in [0.29, 0.717) is 39.0 Å². The summed E-state index contributed by atoms with van der Waals surface area (Å²) in [6.07, 6.45) is 1.02. The van der Waals surface area contributed by atoms with Gasteiger partial charge in [-0.05, 0) is 30.7 Å². The molecule has 1 aliphatic heterocycles. The molecule has 2 rings (SSSR count). The van der Waals surface area contributed by atoms with Crippen LogP contribution in [0.1, 0.15) is 18.4 Å². The first-order chi connectivity index (χ1) is 10.1. The summed E-state index contributed by atoms with van der Waals surface area (Å²) in [5.74, 6) is -0.443. The highest BCUT2D eigenvalue weighted by Gasteiger charge is 2.26. The van der Waals surface area contributed by atoms with Gasteiger partial charge >= 0.3 is 0 Å². The second kappa shape index (κ2) is 7.17. The molecule has 1 heterocycles. The van der Waals surface area contributed by atoms with E-state index >= 15 is 0 Å². The van der Waals surface area contributed by atoms with Crippen LogP contribution in [-0.4, -0.2) is 47.8 Å². The summed E-state index contributed by atoms with van der Waals surface area (Å²) in [6.45, 7) is 1.94. The largest absolute Gasteiger partial charge is 0.335 e. The van der Waals surface area contributed by atoms with Gasteiger partial charge in [-0.3, -0.25) is 9.59 Å². The quantitative estimate of drug-likeness (QED) is 0.870. The molecule has 6 heteroatoms. The van der Waals surface area contributed by atoms with Gasteiger partial charge in [0.05, 0.1) is 6.54 Å². The fourth-order valence-corrected chi connectivity index (χ4v) is 2.36. The fraction of sp³-hybridized carbons (Fsp3) is 0.467. The third-order valence-corrected chi connectivity index (χ3v) is 3.53. The van der Waals surface area contributed by atoms with Gasteiger partial charge in [-0.15, -0.1) is 0 Å². The van der Waals surface area contributed by atoms with E-state index in [1.54, 1.807) is 21.9 Å². The van der Waals surface area contributed by atoms with Crippen LogP contribution in [0.4, 0.5) is 4.39 Å². The molecule has 114 valence electrons. The standard InChI is InChI=1S/C15H20FN3O2/c16-13-4-1-3-12(9-13)10-18-7-8-19(11-15(18)21)14(20)5-2-6-17/h1,3-4,9H,2,5-8,10-11,17H2. The number of hydrogen-bond acceptors (Lipinski definition) is 3. The Morgan fingerprint density at radius 3 is 2.81 bits per heavy atom. The maximum atomic E-state index is 13.1. The zero-order valence-corrected chi connectivity index (χ0v) is 11.9. The summed E-state index contributed by atoms with van der Waals surface area (Å²) >= 11 is 0. The first-order valence-electron chi connectivity index (χ1n) is 7.10. The van der Waals surface area contributed by atoms with Crippen LogP contribution in [0.2, 0.25) is 0 Å². The lowest BCUT2D eigenvalue weighted by Crippen LogP contribution is -2.51. The van der Waals surface area contributed by atoms with Crippen molar-refractivity contribution in [3.63, 3.8) is 0 Å². The molecule has 21 heavy (non-hydrogen) atoms. The van der Waals surface area contributed by atoms with Crippen molar-refractivity contribution in [2.75, 3.05) is 26.2 Å². The van der Waals surface area contributed by atoms with Crippen molar-refractivity contribution in [3.8, 4) is 0 Å². The maximum absolute atomic E-state index is 13.1. The van der Waals surface area contributed by atoms with Crippen molar-refractivity contribution in [1.29, 1.82) is 0 Å². The van der Waals surface area contributed by atoms with Crippen molar-refractivity contribution in [2.24, 2.45) is 5.73 Å². The molecule has 0 bridgehead atoms. The maximum Gasteiger partial charge on any atom is 0.242 e. The van der Waals surface area contributed by atoms with Gasteiger partial charge in [-0.2, -0.15) is 0 Å². The van der Waals surface area contributed by atoms with Crippen molar-refractivity contribution >= 4 is 11.8 Å². The van der Waals surface area contributed by atoms with Crippen LogP contribution in [0, 0.1) is 5.82 Å². The molecule has 1 aromatic carbocycles. The summed E-state index contributed by atoms with van der Waals surface area (Å²) < 4.78 is 13.1. The lowest BCUT2D eigenvalue weighted by Gasteiger charge is -2.34. The van der Waals surface area contributed by atoms with Gasteiger partial charge in [0, 0.05) is 26.1 Å². The molecular weight excluding hydrogens is 273 g/mol. The molecule has 0 aliphatic carbocycles. The molecule has 0 saturated carbocycles. The number of piperazine rings is 1. The number of carbonyl (C=O) groups is 2. The topological polar surface area (TPSA) is 66.6 Å². The Morgan fingerprint density at radius 1 is 1.33 bits per heavy atom. The molecule has 1 fully saturated rings. The average molecular weight is 293 g/mol. The van der Waals surface area contributed by atoms with Gasteiger partial charge in [-0.1, -0.05) is 12.1 Å². The van der Waals surface area contributed by atoms with Crippen molar-refractivity contribution in [3.05, 3.63) is 35.6 Å². The number of nitrogens with two attached hydrogens (primary N) is 1. The Kier molecular flexibility index (Phi) is 5.27. The van der Waals surface area contributed by atoms with Gasteiger partial charge < -0.3 is 15.5 Å². The average Bonchev–Trinajstić information content (AvgIpc) is 2.47. The Labute approximate surface area is 123 Å². The number of rotatable bonds is 5. The zero-order chi connectivity index (χ0) is 15.2. The Morgan fingerprint density at radius 2 is 2.14 bits per heavy atom. The minimum Gasteiger partial charge on any atom is -0.335 e. The molecule has 0 unspecified atom stereocenters. The summed E-state index contributed by atoms with van der Waals surface area (Å²) in [5, 5.41) is 0. The van der Waals surface area contributed by atoms with Crippen LogP contribution < -0.4 is 5.73 Å². The molecular formula is C15H20FN3O2. The van der Waals surface area contributed by atoms with Crippen LogP contribution >= 0.6 is 0 Å². The number of nitrogens with zero attached hydrogens (tertiary/aromatic N) is 2. The van der Waals surface area contributed by atoms with Crippen LogP contribution in [0.25, 0.3) is 0 Å². The first kappa shape index (κ1) is 15.4. The molecule has 1 saturated heterocycles. The highest BCUT2D eigenvalue weighted by atomic mass is 19.1. The third-order valence-electron chi connectivity index (χ3n) is 3.53. The lowest BCUT2D eigenvalue weighted by atomic mass is 10.2. The molecule has 2 amide bonds. The fourth-order valence-electron chi connectivity index (χ4n) is 2.36. The van der Waals surface area contributed by atoms with Crippen LogP contribution in [-0.2, 0) is 16.1 Å². The van der Waals surface area contributed by atoms with Crippen molar-refractivity contribution < 1.29 is 14.0 Å². The number of halogens is 1. The Hall–Kier alpha value is -1.95. The number of hydrogen-bond donors (Lipinski definition) is 1. The highest BCUT2D eigenvalue weighted by Crippen LogP contribution is 2.12. The highest BCUT2D eigenvalue weighted by molar-refractivity contribution is 5.86. The van der Waals surface area contributed by atoms with Crippen molar-refractivity contribution in [1.82, 2.24) is 9.80 Å². The van der Waals surface area contributed by atoms with E-state index in [2.05, 4.69) is 0 Å². The molecule has 0 spiro atoms. The molecule has 0 aromatic heterocycles. The molecule has 0 radical (unpaired) electrons. The molecule has 1 aromatic rings. The van der Waals surface area contributed by atoms with Gasteiger partial charge in [0.25, 0.3) is 0 Å². The number of benzene rings is 1. The van der Waals surface area contributed by atoms with Crippen molar-refractivity contribution in [2.45, 2.75) is 19.4 Å². The Bertz CT molecular complexity index is 521. The van der Waals surface area contributed by atoms with E-state index in [4.69, 9.17) is 5.73 Å². The van der Waals surface area contributed by atoms with Crippen LogP contribution in [0.15, 0.2) is 24.3 Å². The first-order valence-corrected chi connectivity index (χ1v) is 7.10. The molecule has 2 N–H and O–H groups in total. The predicted octanol–water partition coefficient (Wildman–Crippen LogP) is 0.735. The SMILES string of the molecule is NCCCC(=O)N1CCN(Cc2cccc(F)c2)C(=O)C1. The van der Waals surface area contributed by atoms with E-state index in [0.717, 1.165) is 5.56 Å². The van der Waals surface area contributed by atoms with Gasteiger partial charge in [0.15, 0.2) is 0 Å². The number of carbonyl (C=O) groups excluding carboxylic acids is 2. The lowest BCUT2D eigenvalue weighted by molar-refractivity contribution is -0.145. The van der Waals surface area contributed by atoms with E-state index in [1.807, 2.05) is 0 Å². The van der Waals surface area contributed by atoms with Crippen LogP contribution in [0.5, 0.6) is 0 Å². The molecule has 1 aliphatic rings. The summed E-state index contributed by atoms with van der Waals surface area (Å²) in [7, 11) is 0. The molecule has 5 nitrogen and oxygen atoms in total. The second-order valence-electron chi connectivity index (χ2n) is 5.15. The Balaban J connectivity index is 1.89. The summed E-state index contributed by atoms with van der Waals surface area (Å²) in [4.78, 5) is 27.2. The van der Waals surface area contributed by atoms with Crippen LogP contribution in [0.3, 0.4) is 0 Å². The van der Waals surface area contributed by atoms with Gasteiger partial charge in [0.1, 0.15) is 5.82 Å². The monoisotopic (exact) mass is 293 g/mol. The second-order valence-corrected chi connectivity index (χ2v) is 5.15. The zero-order valence-electron chi connectivity index (χ0n) is 11.9. The van der Waals surface area contributed by atoms with E-state index in [9.17, 15) is 14.0 Å². The predicted molar refractivity (Wildman–Crippen MR) is 76.7 cm³/mol.